The van der Waals surface area contributed by atoms with Gasteiger partial charge in [-0.15, -0.1) is 0 Å². The van der Waals surface area contributed by atoms with Crippen LogP contribution in [0.3, 0.4) is 0 Å². The van der Waals surface area contributed by atoms with Crippen LogP contribution in [0.2, 0.25) is 0 Å². The normalized spacial score (nSPS) is 13.7. The lowest BCUT2D eigenvalue weighted by Gasteiger charge is -2.21. The molecule has 0 saturated carbocycles. The molecule has 6 nitrogen and oxygen atoms in total. The van der Waals surface area contributed by atoms with E-state index in [-0.39, 0.29) is 23.7 Å². The van der Waals surface area contributed by atoms with Gasteiger partial charge in [-0.05, 0) is 24.6 Å². The van der Waals surface area contributed by atoms with Gasteiger partial charge < -0.3 is 15.6 Å². The first-order chi connectivity index (χ1) is 8.78. The molecule has 0 spiro atoms. The second-order valence-corrected chi connectivity index (χ2v) is 6.45. The summed E-state index contributed by atoms with van der Waals surface area (Å²) in [5.74, 6) is 0. The largest absolute Gasteiger partial charge is 0.398 e. The van der Waals surface area contributed by atoms with Gasteiger partial charge in [0.2, 0.25) is 10.0 Å². The molecule has 0 aromatic heterocycles. The smallest absolute Gasteiger partial charge is 0.244 e. The summed E-state index contributed by atoms with van der Waals surface area (Å²) in [5, 5.41) is 9.58. The number of nitrogens with two attached hydrogens (primary N) is 1. The molecule has 0 aliphatic heterocycles. The van der Waals surface area contributed by atoms with Gasteiger partial charge in [-0.25, -0.2) is 8.42 Å². The first-order valence-electron chi connectivity index (χ1n) is 5.78. The quantitative estimate of drug-likeness (QED) is 0.730. The Bertz CT molecular complexity index is 531. The third-order valence-electron chi connectivity index (χ3n) is 2.68. The molecule has 108 valence electrons. The van der Waals surface area contributed by atoms with E-state index < -0.39 is 16.1 Å². The second-order valence-electron chi connectivity index (χ2n) is 4.44. The Morgan fingerprint density at radius 2 is 2.11 bits per heavy atom. The zero-order valence-electron chi connectivity index (χ0n) is 11.3. The van der Waals surface area contributed by atoms with Crippen molar-refractivity contribution in [3.63, 3.8) is 0 Å². The Balaban J connectivity index is 2.97. The average molecular weight is 288 g/mol. The first kappa shape index (κ1) is 15.9. The topological polar surface area (TPSA) is 92.9 Å². The van der Waals surface area contributed by atoms with Crippen molar-refractivity contribution in [2.45, 2.75) is 17.9 Å². The minimum absolute atomic E-state index is 0.0465. The van der Waals surface area contributed by atoms with Crippen LogP contribution >= 0.6 is 0 Å². The number of nitrogens with zero attached hydrogens (tertiary/aromatic N) is 1. The minimum Gasteiger partial charge on any atom is -0.398 e. The van der Waals surface area contributed by atoms with Crippen LogP contribution in [0.1, 0.15) is 5.56 Å². The first-order valence-corrected chi connectivity index (χ1v) is 7.22. The van der Waals surface area contributed by atoms with E-state index in [1.54, 1.807) is 12.1 Å². The number of ether oxygens (including phenoxy) is 1. The highest BCUT2D eigenvalue weighted by Crippen LogP contribution is 2.22. The van der Waals surface area contributed by atoms with E-state index in [1.165, 1.54) is 20.2 Å². The Morgan fingerprint density at radius 3 is 2.63 bits per heavy atom. The maximum Gasteiger partial charge on any atom is 0.244 e. The summed E-state index contributed by atoms with van der Waals surface area (Å²) < 4.78 is 30.4. The van der Waals surface area contributed by atoms with Crippen LogP contribution in [-0.2, 0) is 14.8 Å². The summed E-state index contributed by atoms with van der Waals surface area (Å²) in [7, 11) is -0.871. The number of sulfonamides is 1. The predicted octanol–water partition coefficient (Wildman–Crippen LogP) is 0.205. The summed E-state index contributed by atoms with van der Waals surface area (Å²) >= 11 is 0. The van der Waals surface area contributed by atoms with Crippen molar-refractivity contribution in [2.24, 2.45) is 0 Å². The number of anilines is 1. The molecule has 0 fully saturated rings. The monoisotopic (exact) mass is 288 g/mol. The molecule has 0 saturated heterocycles. The van der Waals surface area contributed by atoms with Gasteiger partial charge in [0.25, 0.3) is 0 Å². The SMILES string of the molecule is COCC(O)CN(C)S(=O)(=O)c1ccc(C)cc1N. The Hall–Kier alpha value is -1.15. The molecule has 1 atom stereocenters. The molecule has 1 aromatic rings. The molecule has 0 radical (unpaired) electrons. The molecular formula is C12H20N2O4S. The lowest BCUT2D eigenvalue weighted by Crippen LogP contribution is -2.36. The number of hydrogen-bond donors (Lipinski definition) is 2. The molecule has 0 amide bonds. The van der Waals surface area contributed by atoms with Crippen molar-refractivity contribution in [1.29, 1.82) is 0 Å². The third-order valence-corrected chi connectivity index (χ3v) is 4.58. The minimum atomic E-state index is -3.71. The zero-order valence-corrected chi connectivity index (χ0v) is 12.1. The molecule has 0 bridgehead atoms. The van der Waals surface area contributed by atoms with Crippen LogP contribution in [0.15, 0.2) is 23.1 Å². The maximum absolute atomic E-state index is 12.3. The molecule has 19 heavy (non-hydrogen) atoms. The van der Waals surface area contributed by atoms with Gasteiger partial charge in [0.1, 0.15) is 4.90 Å². The van der Waals surface area contributed by atoms with E-state index >= 15 is 0 Å². The highest BCUT2D eigenvalue weighted by atomic mass is 32.2. The van der Waals surface area contributed by atoms with E-state index in [4.69, 9.17) is 10.5 Å². The van der Waals surface area contributed by atoms with Gasteiger partial charge in [-0.3, -0.25) is 0 Å². The average Bonchev–Trinajstić information content (AvgIpc) is 2.28. The molecular weight excluding hydrogens is 268 g/mol. The zero-order chi connectivity index (χ0) is 14.6. The lowest BCUT2D eigenvalue weighted by atomic mass is 10.2. The van der Waals surface area contributed by atoms with Crippen LogP contribution in [0, 0.1) is 6.92 Å². The molecule has 1 rings (SSSR count). The molecule has 3 N–H and O–H groups in total. The van der Waals surface area contributed by atoms with Crippen LogP contribution < -0.4 is 5.73 Å². The Labute approximate surface area is 113 Å². The number of nitrogen functional groups attached to an aromatic ring is 1. The number of likely N-dealkylation sites (N-methyl/N-ethyl adjacent to an activating group) is 1. The molecule has 0 aliphatic rings. The molecule has 7 heteroatoms. The van der Waals surface area contributed by atoms with Crippen LogP contribution in [0.4, 0.5) is 5.69 Å². The fraction of sp³-hybridized carbons (Fsp3) is 0.500. The number of benzene rings is 1. The Kier molecular flexibility index (Phi) is 5.30. The number of hydrogen-bond acceptors (Lipinski definition) is 5. The number of aryl methyl sites for hydroxylation is 1. The van der Waals surface area contributed by atoms with E-state index in [0.29, 0.717) is 0 Å². The van der Waals surface area contributed by atoms with Crippen molar-refractivity contribution in [3.8, 4) is 0 Å². The van der Waals surface area contributed by atoms with Gasteiger partial charge >= 0.3 is 0 Å². The van der Waals surface area contributed by atoms with Gasteiger partial charge in [0.05, 0.1) is 18.4 Å². The molecule has 1 unspecified atom stereocenters. The summed E-state index contributed by atoms with van der Waals surface area (Å²) in [6.07, 6.45) is -0.878. The number of aliphatic hydroxyl groups excluding tert-OH is 1. The summed E-state index contributed by atoms with van der Waals surface area (Å²) in [6, 6.07) is 4.76. The van der Waals surface area contributed by atoms with Crippen molar-refractivity contribution < 1.29 is 18.3 Å². The van der Waals surface area contributed by atoms with Crippen molar-refractivity contribution in [2.75, 3.05) is 33.0 Å². The molecule has 0 heterocycles. The predicted molar refractivity (Wildman–Crippen MR) is 73.3 cm³/mol. The van der Waals surface area contributed by atoms with Crippen LogP contribution in [-0.4, -0.2) is 51.2 Å². The van der Waals surface area contributed by atoms with Gasteiger partial charge in [-0.1, -0.05) is 6.07 Å². The van der Waals surface area contributed by atoms with E-state index in [0.717, 1.165) is 9.87 Å². The summed E-state index contributed by atoms with van der Waals surface area (Å²) in [6.45, 7) is 1.85. The fourth-order valence-corrected chi connectivity index (χ4v) is 3.01. The van der Waals surface area contributed by atoms with Crippen molar-refractivity contribution in [1.82, 2.24) is 4.31 Å². The third kappa shape index (κ3) is 3.90. The summed E-state index contributed by atoms with van der Waals surface area (Å²) in [5.41, 5.74) is 6.83. The number of aliphatic hydroxyl groups is 1. The number of methoxy groups -OCH3 is 1. The van der Waals surface area contributed by atoms with Gasteiger partial charge in [0, 0.05) is 20.7 Å². The Morgan fingerprint density at radius 1 is 1.47 bits per heavy atom. The fourth-order valence-electron chi connectivity index (χ4n) is 1.71. The van der Waals surface area contributed by atoms with E-state index in [2.05, 4.69) is 0 Å². The van der Waals surface area contributed by atoms with E-state index in [9.17, 15) is 13.5 Å². The van der Waals surface area contributed by atoms with Gasteiger partial charge in [-0.2, -0.15) is 4.31 Å². The van der Waals surface area contributed by atoms with Crippen molar-refractivity contribution in [3.05, 3.63) is 23.8 Å². The van der Waals surface area contributed by atoms with E-state index in [1.807, 2.05) is 6.92 Å². The summed E-state index contributed by atoms with van der Waals surface area (Å²) in [4.78, 5) is 0.0465. The van der Waals surface area contributed by atoms with Gasteiger partial charge in [0.15, 0.2) is 0 Å². The lowest BCUT2D eigenvalue weighted by molar-refractivity contribution is 0.0554. The molecule has 1 aromatic carbocycles. The van der Waals surface area contributed by atoms with Crippen LogP contribution in [0.5, 0.6) is 0 Å². The van der Waals surface area contributed by atoms with Crippen molar-refractivity contribution >= 4 is 15.7 Å². The maximum atomic E-state index is 12.3. The highest BCUT2D eigenvalue weighted by molar-refractivity contribution is 7.89. The standard InChI is InChI=1S/C12H20N2O4S/c1-9-4-5-12(11(13)6-9)19(16,17)14(2)7-10(15)8-18-3/h4-6,10,15H,7-8,13H2,1-3H3. The van der Waals surface area contributed by atoms with Crippen LogP contribution in [0.25, 0.3) is 0 Å². The second kappa shape index (κ2) is 6.33. The molecule has 0 aliphatic carbocycles. The highest BCUT2D eigenvalue weighted by Gasteiger charge is 2.25. The number of rotatable bonds is 6.